The van der Waals surface area contributed by atoms with Crippen LogP contribution in [-0.4, -0.2) is 53.3 Å². The molecule has 1 aromatic heterocycles. The average molecular weight is 327 g/mol. The molecule has 1 atom stereocenters. The lowest BCUT2D eigenvalue weighted by atomic mass is 9.80. The minimum atomic E-state index is -2.93. The van der Waals surface area contributed by atoms with Crippen molar-refractivity contribution in [1.82, 2.24) is 14.7 Å². The van der Waals surface area contributed by atoms with Crippen molar-refractivity contribution in [3.8, 4) is 0 Å². The molecule has 1 N–H and O–H groups in total. The molecule has 0 spiro atoms. The number of rotatable bonds is 5. The molecule has 0 radical (unpaired) electrons. The molecule has 0 aromatic carbocycles. The predicted molar refractivity (Wildman–Crippen MR) is 84.1 cm³/mol. The van der Waals surface area contributed by atoms with Crippen LogP contribution >= 0.6 is 0 Å². The third-order valence-electron chi connectivity index (χ3n) is 4.79. The van der Waals surface area contributed by atoms with Gasteiger partial charge < -0.3 is 5.11 Å². The number of sulfone groups is 1. The maximum absolute atomic E-state index is 11.3. The topological polar surface area (TPSA) is 75.4 Å². The zero-order chi connectivity index (χ0) is 15.7. The molecular formula is C15H25N3O3S. The molecular weight excluding hydrogens is 302 g/mol. The highest BCUT2D eigenvalue weighted by molar-refractivity contribution is 7.90. The van der Waals surface area contributed by atoms with Crippen LogP contribution in [0.2, 0.25) is 0 Å². The molecule has 0 bridgehead atoms. The Morgan fingerprint density at radius 1 is 1.36 bits per heavy atom. The van der Waals surface area contributed by atoms with Gasteiger partial charge in [-0.15, -0.1) is 0 Å². The van der Waals surface area contributed by atoms with Gasteiger partial charge in [-0.05, 0) is 31.2 Å². The summed E-state index contributed by atoms with van der Waals surface area (Å²) in [4.78, 5) is 2.17. The summed E-state index contributed by atoms with van der Waals surface area (Å²) in [6, 6.07) is 2.00. The van der Waals surface area contributed by atoms with Crippen molar-refractivity contribution in [3.63, 3.8) is 0 Å². The van der Waals surface area contributed by atoms with Crippen molar-refractivity contribution in [2.75, 3.05) is 25.1 Å². The van der Waals surface area contributed by atoms with E-state index in [4.69, 9.17) is 0 Å². The minimum absolute atomic E-state index is 0.193. The predicted octanol–water partition coefficient (Wildman–Crippen LogP) is 0.967. The highest BCUT2D eigenvalue weighted by atomic mass is 32.2. The van der Waals surface area contributed by atoms with E-state index in [1.54, 1.807) is 0 Å². The Morgan fingerprint density at radius 3 is 2.77 bits per heavy atom. The van der Waals surface area contributed by atoms with Gasteiger partial charge >= 0.3 is 0 Å². The van der Waals surface area contributed by atoms with Crippen LogP contribution in [-0.2, 0) is 22.9 Å². The molecule has 2 heterocycles. The first-order valence-electron chi connectivity index (χ1n) is 8.07. The quantitative estimate of drug-likeness (QED) is 0.872. The van der Waals surface area contributed by atoms with Crippen LogP contribution in [0.15, 0.2) is 6.07 Å². The van der Waals surface area contributed by atoms with Crippen molar-refractivity contribution >= 4 is 9.84 Å². The number of aryl methyl sites for hydroxylation is 1. The fourth-order valence-corrected chi connectivity index (χ4v) is 3.77. The number of aliphatic hydroxyl groups is 1. The average Bonchev–Trinajstić information content (AvgIpc) is 2.67. The van der Waals surface area contributed by atoms with E-state index in [2.05, 4.69) is 10.00 Å². The zero-order valence-corrected chi connectivity index (χ0v) is 13.9. The largest absolute Gasteiger partial charge is 0.386 e. The van der Waals surface area contributed by atoms with Crippen LogP contribution in [0.25, 0.3) is 0 Å². The van der Waals surface area contributed by atoms with E-state index in [0.29, 0.717) is 19.0 Å². The number of hydrogen-bond acceptors (Lipinski definition) is 5. The van der Waals surface area contributed by atoms with Gasteiger partial charge in [0.2, 0.25) is 0 Å². The summed E-state index contributed by atoms with van der Waals surface area (Å²) in [5, 5.41) is 14.9. The van der Waals surface area contributed by atoms with Gasteiger partial charge in [0.1, 0.15) is 15.9 Å². The van der Waals surface area contributed by atoms with E-state index < -0.39 is 15.9 Å². The van der Waals surface area contributed by atoms with Crippen LogP contribution < -0.4 is 0 Å². The van der Waals surface area contributed by atoms with Gasteiger partial charge in [-0.2, -0.15) is 5.10 Å². The summed E-state index contributed by atoms with van der Waals surface area (Å²) < 4.78 is 24.7. The number of hydrogen-bond donors (Lipinski definition) is 1. The van der Waals surface area contributed by atoms with Crippen LogP contribution in [0, 0.1) is 5.92 Å². The van der Waals surface area contributed by atoms with Gasteiger partial charge in [0, 0.05) is 32.4 Å². The van der Waals surface area contributed by atoms with Gasteiger partial charge in [-0.3, -0.25) is 9.58 Å². The maximum atomic E-state index is 11.3. The Balaban J connectivity index is 1.68. The van der Waals surface area contributed by atoms with E-state index in [9.17, 15) is 13.5 Å². The molecule has 0 unspecified atom stereocenters. The summed E-state index contributed by atoms with van der Waals surface area (Å²) >= 11 is 0. The normalized spacial score (nSPS) is 21.9. The lowest BCUT2D eigenvalue weighted by molar-refractivity contribution is 0.0581. The fraction of sp³-hybridized carbons (Fsp3) is 0.800. The molecule has 1 aromatic rings. The first-order valence-corrected chi connectivity index (χ1v) is 10.1. The van der Waals surface area contributed by atoms with Crippen LogP contribution in [0.1, 0.15) is 43.2 Å². The van der Waals surface area contributed by atoms with Gasteiger partial charge in [0.25, 0.3) is 0 Å². The summed E-state index contributed by atoms with van der Waals surface area (Å²) in [5.41, 5.74) is 1.86. The molecule has 0 amide bonds. The Kier molecular flexibility index (Phi) is 4.56. The second-order valence-corrected chi connectivity index (χ2v) is 8.94. The zero-order valence-electron chi connectivity index (χ0n) is 13.1. The summed E-state index contributed by atoms with van der Waals surface area (Å²) in [7, 11) is -2.93. The SMILES string of the molecule is CS(=O)(=O)CCN1CCCn2nc([C@H](O)C3CCC3)cc2C1. The van der Waals surface area contributed by atoms with E-state index in [-0.39, 0.29) is 5.75 Å². The van der Waals surface area contributed by atoms with Crippen molar-refractivity contribution < 1.29 is 13.5 Å². The molecule has 1 saturated carbocycles. The van der Waals surface area contributed by atoms with Crippen molar-refractivity contribution in [3.05, 3.63) is 17.5 Å². The summed E-state index contributed by atoms with van der Waals surface area (Å²) in [5.74, 6) is 0.555. The lowest BCUT2D eigenvalue weighted by Crippen LogP contribution is -2.29. The van der Waals surface area contributed by atoms with Crippen molar-refractivity contribution in [1.29, 1.82) is 0 Å². The molecule has 2 aliphatic rings. The smallest absolute Gasteiger partial charge is 0.148 e. The van der Waals surface area contributed by atoms with Crippen LogP contribution in [0.5, 0.6) is 0 Å². The Morgan fingerprint density at radius 2 is 2.14 bits per heavy atom. The van der Waals surface area contributed by atoms with E-state index in [0.717, 1.165) is 43.7 Å². The van der Waals surface area contributed by atoms with Gasteiger partial charge in [0.15, 0.2) is 0 Å². The molecule has 1 aliphatic heterocycles. The summed E-state index contributed by atoms with van der Waals surface area (Å²) in [6.45, 7) is 2.99. The van der Waals surface area contributed by atoms with Crippen molar-refractivity contribution in [2.24, 2.45) is 5.92 Å². The first kappa shape index (κ1) is 16.0. The molecule has 124 valence electrons. The minimum Gasteiger partial charge on any atom is -0.386 e. The van der Waals surface area contributed by atoms with Gasteiger partial charge in [-0.1, -0.05) is 6.42 Å². The Hall–Kier alpha value is -0.920. The summed E-state index contributed by atoms with van der Waals surface area (Å²) in [6.07, 6.45) is 5.17. The lowest BCUT2D eigenvalue weighted by Gasteiger charge is -2.29. The van der Waals surface area contributed by atoms with Gasteiger partial charge in [0.05, 0.1) is 17.1 Å². The standard InChI is InChI=1S/C15H25N3O3S/c1-22(20,21)9-8-17-6-3-7-18-13(11-17)10-14(16-18)15(19)12-4-2-5-12/h10,12,15,19H,2-9,11H2,1H3/t15-/m1/s1. The van der Waals surface area contributed by atoms with Crippen LogP contribution in [0.3, 0.4) is 0 Å². The molecule has 6 nitrogen and oxygen atoms in total. The number of fused-ring (bicyclic) bond motifs is 1. The second kappa shape index (κ2) is 6.29. The monoisotopic (exact) mass is 327 g/mol. The van der Waals surface area contributed by atoms with Crippen molar-refractivity contribution in [2.45, 2.75) is 44.9 Å². The van der Waals surface area contributed by atoms with E-state index >= 15 is 0 Å². The fourth-order valence-electron chi connectivity index (χ4n) is 3.18. The molecule has 22 heavy (non-hydrogen) atoms. The van der Waals surface area contributed by atoms with E-state index in [1.165, 1.54) is 12.7 Å². The second-order valence-electron chi connectivity index (χ2n) is 6.68. The number of nitrogens with zero attached hydrogens (tertiary/aromatic N) is 3. The number of aromatic nitrogens is 2. The maximum Gasteiger partial charge on any atom is 0.148 e. The Bertz CT molecular complexity index is 622. The molecule has 1 fully saturated rings. The van der Waals surface area contributed by atoms with E-state index in [1.807, 2.05) is 10.7 Å². The third kappa shape index (κ3) is 3.70. The molecule has 3 rings (SSSR count). The van der Waals surface area contributed by atoms with Gasteiger partial charge in [-0.25, -0.2) is 8.42 Å². The van der Waals surface area contributed by atoms with Crippen LogP contribution in [0.4, 0.5) is 0 Å². The molecule has 1 aliphatic carbocycles. The molecule has 0 saturated heterocycles. The highest BCUT2D eigenvalue weighted by Crippen LogP contribution is 2.37. The first-order chi connectivity index (χ1) is 10.4. The highest BCUT2D eigenvalue weighted by Gasteiger charge is 2.29. The third-order valence-corrected chi connectivity index (χ3v) is 5.71. The number of aliphatic hydroxyl groups excluding tert-OH is 1. The Labute approximate surface area is 132 Å². The molecule has 7 heteroatoms.